The van der Waals surface area contributed by atoms with Crippen LogP contribution in [0.5, 0.6) is 0 Å². The first-order valence-corrected chi connectivity index (χ1v) is 8.39. The summed E-state index contributed by atoms with van der Waals surface area (Å²) in [5.41, 5.74) is 0. The van der Waals surface area contributed by atoms with Gasteiger partial charge in [-0.1, -0.05) is 0 Å². The molecular weight excluding hydrogens is 284 g/mol. The highest BCUT2D eigenvalue weighted by Gasteiger charge is 2.36. The molecule has 3 heterocycles. The zero-order valence-corrected chi connectivity index (χ0v) is 13.3. The van der Waals surface area contributed by atoms with Gasteiger partial charge in [-0.25, -0.2) is 4.99 Å². The zero-order valence-electron chi connectivity index (χ0n) is 13.3. The summed E-state index contributed by atoms with van der Waals surface area (Å²) in [4.78, 5) is 4.42. The fraction of sp³-hybridized carbons (Fsp3) is 0.933. The van der Waals surface area contributed by atoms with E-state index in [0.717, 1.165) is 51.9 Å². The van der Waals surface area contributed by atoms with Crippen molar-refractivity contribution < 1.29 is 14.2 Å². The van der Waals surface area contributed by atoms with Crippen LogP contribution in [0.15, 0.2) is 4.99 Å². The number of nitrogens with one attached hydrogen (secondary N) is 3. The Bertz CT molecular complexity index is 357. The molecule has 22 heavy (non-hydrogen) atoms. The Hall–Kier alpha value is -0.730. The highest BCUT2D eigenvalue weighted by atomic mass is 16.6. The number of nitrogens with zero attached hydrogens (tertiary/aromatic N) is 1. The Morgan fingerprint density at radius 1 is 0.909 bits per heavy atom. The summed E-state index contributed by atoms with van der Waals surface area (Å²) in [5, 5.41) is 9.88. The minimum atomic E-state index is -0.291. The van der Waals surface area contributed by atoms with E-state index in [1.807, 2.05) is 0 Å². The summed E-state index contributed by atoms with van der Waals surface area (Å²) < 4.78 is 18.0. The third-order valence-corrected chi connectivity index (χ3v) is 4.56. The maximum atomic E-state index is 6.20. The van der Waals surface area contributed by atoms with Crippen molar-refractivity contribution >= 4 is 6.34 Å². The van der Waals surface area contributed by atoms with Gasteiger partial charge in [0.25, 0.3) is 0 Å². The number of aliphatic imine (C=N–C) groups is 1. The fourth-order valence-electron chi connectivity index (χ4n) is 3.26. The maximum Gasteiger partial charge on any atom is 0.180 e. The molecule has 3 aliphatic heterocycles. The van der Waals surface area contributed by atoms with Crippen molar-refractivity contribution in [3.8, 4) is 0 Å². The van der Waals surface area contributed by atoms with Crippen molar-refractivity contribution in [2.45, 2.75) is 56.5 Å². The van der Waals surface area contributed by atoms with Gasteiger partial charge in [0, 0.05) is 7.11 Å². The third-order valence-electron chi connectivity index (χ3n) is 4.56. The molecule has 7 heteroatoms. The number of hydrogen-bond donors (Lipinski definition) is 3. The van der Waals surface area contributed by atoms with Crippen LogP contribution >= 0.6 is 0 Å². The van der Waals surface area contributed by atoms with E-state index >= 15 is 0 Å². The molecule has 3 atom stereocenters. The molecule has 0 aromatic heterocycles. The fourth-order valence-corrected chi connectivity index (χ4v) is 3.26. The largest absolute Gasteiger partial charge is 0.372 e. The van der Waals surface area contributed by atoms with Crippen LogP contribution in [0.3, 0.4) is 0 Å². The lowest BCUT2D eigenvalue weighted by molar-refractivity contribution is -0.168. The molecule has 2 fully saturated rings. The number of methoxy groups -OCH3 is 1. The highest BCUT2D eigenvalue weighted by Crippen LogP contribution is 2.21. The molecule has 2 saturated heterocycles. The van der Waals surface area contributed by atoms with E-state index in [1.165, 1.54) is 0 Å². The normalized spacial score (nSPS) is 34.5. The summed E-state index contributed by atoms with van der Waals surface area (Å²) in [7, 11) is 1.70. The highest BCUT2D eigenvalue weighted by molar-refractivity contribution is 5.56. The molecule has 7 nitrogen and oxygen atoms in total. The van der Waals surface area contributed by atoms with Crippen LogP contribution in [-0.4, -0.2) is 70.4 Å². The minimum absolute atomic E-state index is 0.197. The smallest absolute Gasteiger partial charge is 0.180 e. The van der Waals surface area contributed by atoms with Crippen LogP contribution in [0.1, 0.15) is 25.7 Å². The van der Waals surface area contributed by atoms with Gasteiger partial charge in [0.05, 0.1) is 18.5 Å². The summed E-state index contributed by atoms with van der Waals surface area (Å²) in [6, 6.07) is 0. The van der Waals surface area contributed by atoms with Gasteiger partial charge in [-0.2, -0.15) is 0 Å². The van der Waals surface area contributed by atoms with Gasteiger partial charge in [0.1, 0.15) is 6.10 Å². The van der Waals surface area contributed by atoms with Gasteiger partial charge >= 0.3 is 0 Å². The van der Waals surface area contributed by atoms with E-state index in [9.17, 15) is 0 Å². The van der Waals surface area contributed by atoms with E-state index in [1.54, 1.807) is 13.4 Å². The number of piperidine rings is 2. The first kappa shape index (κ1) is 16.1. The first-order chi connectivity index (χ1) is 10.9. The Morgan fingerprint density at radius 3 is 2.09 bits per heavy atom. The molecule has 0 radical (unpaired) electrons. The predicted molar refractivity (Wildman–Crippen MR) is 84.0 cm³/mol. The molecule has 3 rings (SSSR count). The van der Waals surface area contributed by atoms with E-state index < -0.39 is 0 Å². The number of hydrogen-bond acceptors (Lipinski definition) is 7. The topological polar surface area (TPSA) is 76.1 Å². The molecule has 126 valence electrons. The number of rotatable bonds is 5. The van der Waals surface area contributed by atoms with Gasteiger partial charge in [-0.05, 0) is 51.9 Å². The second-order valence-corrected chi connectivity index (χ2v) is 6.13. The third kappa shape index (κ3) is 4.17. The second-order valence-electron chi connectivity index (χ2n) is 6.13. The van der Waals surface area contributed by atoms with Crippen molar-refractivity contribution in [1.29, 1.82) is 0 Å². The lowest BCUT2D eigenvalue weighted by atomic mass is 10.1. The molecule has 3 N–H and O–H groups in total. The lowest BCUT2D eigenvalue weighted by Crippen LogP contribution is -2.55. The Balaban J connectivity index is 1.56. The molecule has 0 aromatic carbocycles. The minimum Gasteiger partial charge on any atom is -0.372 e. The van der Waals surface area contributed by atoms with Crippen molar-refractivity contribution in [3.05, 3.63) is 0 Å². The molecule has 0 aliphatic carbocycles. The van der Waals surface area contributed by atoms with E-state index in [0.29, 0.717) is 0 Å². The molecule has 0 spiro atoms. The summed E-state index contributed by atoms with van der Waals surface area (Å²) >= 11 is 0. The Kier molecular flexibility index (Phi) is 6.03. The van der Waals surface area contributed by atoms with Crippen LogP contribution in [0.4, 0.5) is 0 Å². The molecule has 3 aliphatic rings. The SMILES string of the molecule is COC1C(OC2CCNCC2)N=CNC1OC1CCNCC1. The molecule has 0 bridgehead atoms. The van der Waals surface area contributed by atoms with E-state index in [-0.39, 0.29) is 30.8 Å². The van der Waals surface area contributed by atoms with Crippen LogP contribution in [0.2, 0.25) is 0 Å². The Morgan fingerprint density at radius 2 is 1.50 bits per heavy atom. The molecule has 0 aromatic rings. The first-order valence-electron chi connectivity index (χ1n) is 8.39. The molecule has 3 unspecified atom stereocenters. The molecular formula is C15H28N4O3. The van der Waals surface area contributed by atoms with Crippen molar-refractivity contribution in [2.75, 3.05) is 33.3 Å². The van der Waals surface area contributed by atoms with Gasteiger partial charge in [0.2, 0.25) is 0 Å². The van der Waals surface area contributed by atoms with Crippen LogP contribution < -0.4 is 16.0 Å². The van der Waals surface area contributed by atoms with Gasteiger partial charge in [-0.15, -0.1) is 0 Å². The second kappa shape index (κ2) is 8.21. The van der Waals surface area contributed by atoms with Gasteiger partial charge in [0.15, 0.2) is 12.5 Å². The van der Waals surface area contributed by atoms with Crippen molar-refractivity contribution in [2.24, 2.45) is 4.99 Å². The summed E-state index contributed by atoms with van der Waals surface area (Å²) in [6.07, 6.45) is 5.63. The molecule has 0 amide bonds. The maximum absolute atomic E-state index is 6.20. The van der Waals surface area contributed by atoms with Crippen LogP contribution in [-0.2, 0) is 14.2 Å². The zero-order chi connectivity index (χ0) is 15.2. The Labute approximate surface area is 132 Å². The van der Waals surface area contributed by atoms with Crippen molar-refractivity contribution in [1.82, 2.24) is 16.0 Å². The van der Waals surface area contributed by atoms with Gasteiger partial charge in [-0.3, -0.25) is 0 Å². The quantitative estimate of drug-likeness (QED) is 0.654. The standard InChI is InChI=1S/C15H28N4O3/c1-20-13-14(21-11-2-6-16-7-3-11)18-10-19-15(13)22-12-4-8-17-9-5-12/h10-17H,2-9H2,1H3,(H,18,19). The summed E-state index contributed by atoms with van der Waals surface area (Å²) in [6.45, 7) is 4.04. The van der Waals surface area contributed by atoms with E-state index in [2.05, 4.69) is 20.9 Å². The van der Waals surface area contributed by atoms with Crippen LogP contribution in [0.25, 0.3) is 0 Å². The number of ether oxygens (including phenoxy) is 3. The van der Waals surface area contributed by atoms with Gasteiger partial charge < -0.3 is 30.2 Å². The van der Waals surface area contributed by atoms with E-state index in [4.69, 9.17) is 14.2 Å². The van der Waals surface area contributed by atoms with Crippen LogP contribution in [0, 0.1) is 0 Å². The lowest BCUT2D eigenvalue weighted by Gasteiger charge is -2.38. The average molecular weight is 312 g/mol. The monoisotopic (exact) mass is 312 g/mol. The average Bonchev–Trinajstić information content (AvgIpc) is 2.57. The molecule has 0 saturated carbocycles. The van der Waals surface area contributed by atoms with Crippen molar-refractivity contribution in [3.63, 3.8) is 0 Å². The summed E-state index contributed by atoms with van der Waals surface area (Å²) in [5.74, 6) is 0. The predicted octanol–water partition coefficient (Wildman–Crippen LogP) is -0.178.